The molecule has 0 aliphatic heterocycles. The van der Waals surface area contributed by atoms with Crippen molar-refractivity contribution in [3.8, 4) is 0 Å². The van der Waals surface area contributed by atoms with E-state index < -0.39 is 0 Å². The molecule has 2 N–H and O–H groups in total. The SMILES string of the molecule is CC(C)(N)Cc1ccc(C2CCCCC2)c(Cl)c1. The monoisotopic (exact) mass is 265 g/mol. The third kappa shape index (κ3) is 3.73. The van der Waals surface area contributed by atoms with Crippen molar-refractivity contribution in [1.82, 2.24) is 0 Å². The lowest BCUT2D eigenvalue weighted by molar-refractivity contribution is 0.443. The Balaban J connectivity index is 2.14. The van der Waals surface area contributed by atoms with E-state index in [-0.39, 0.29) is 5.54 Å². The van der Waals surface area contributed by atoms with Gasteiger partial charge in [-0.15, -0.1) is 0 Å². The van der Waals surface area contributed by atoms with Crippen molar-refractivity contribution in [1.29, 1.82) is 0 Å². The summed E-state index contributed by atoms with van der Waals surface area (Å²) >= 11 is 6.45. The summed E-state index contributed by atoms with van der Waals surface area (Å²) in [5.74, 6) is 0.672. The van der Waals surface area contributed by atoms with Gasteiger partial charge in [-0.05, 0) is 56.2 Å². The van der Waals surface area contributed by atoms with Crippen LogP contribution in [0.15, 0.2) is 18.2 Å². The van der Waals surface area contributed by atoms with E-state index in [2.05, 4.69) is 32.0 Å². The van der Waals surface area contributed by atoms with Crippen LogP contribution in [0.1, 0.15) is 63.0 Å². The normalized spacial score (nSPS) is 18.0. The fourth-order valence-electron chi connectivity index (χ4n) is 2.95. The van der Waals surface area contributed by atoms with Crippen LogP contribution in [0.25, 0.3) is 0 Å². The number of hydrogen-bond acceptors (Lipinski definition) is 1. The lowest BCUT2D eigenvalue weighted by Gasteiger charge is -2.24. The summed E-state index contributed by atoms with van der Waals surface area (Å²) in [5, 5.41) is 0.934. The Labute approximate surface area is 116 Å². The summed E-state index contributed by atoms with van der Waals surface area (Å²) in [5.41, 5.74) is 8.47. The first-order valence-corrected chi connectivity index (χ1v) is 7.41. The molecule has 1 aliphatic rings. The highest BCUT2D eigenvalue weighted by Crippen LogP contribution is 2.36. The highest BCUT2D eigenvalue weighted by molar-refractivity contribution is 6.31. The molecule has 1 aliphatic carbocycles. The van der Waals surface area contributed by atoms with Crippen LogP contribution in [-0.2, 0) is 6.42 Å². The highest BCUT2D eigenvalue weighted by Gasteiger charge is 2.19. The smallest absolute Gasteiger partial charge is 0.0443 e. The van der Waals surface area contributed by atoms with Crippen molar-refractivity contribution >= 4 is 11.6 Å². The molecule has 1 fully saturated rings. The molecule has 1 nitrogen and oxygen atoms in total. The lowest BCUT2D eigenvalue weighted by atomic mass is 9.83. The van der Waals surface area contributed by atoms with Crippen LogP contribution in [0.2, 0.25) is 5.02 Å². The van der Waals surface area contributed by atoms with Crippen LogP contribution in [0, 0.1) is 0 Å². The lowest BCUT2D eigenvalue weighted by Crippen LogP contribution is -2.34. The van der Waals surface area contributed by atoms with E-state index in [9.17, 15) is 0 Å². The Hall–Kier alpha value is -0.530. The molecule has 18 heavy (non-hydrogen) atoms. The number of rotatable bonds is 3. The number of nitrogens with two attached hydrogens (primary N) is 1. The summed E-state index contributed by atoms with van der Waals surface area (Å²) in [6.45, 7) is 4.10. The maximum Gasteiger partial charge on any atom is 0.0443 e. The van der Waals surface area contributed by atoms with Gasteiger partial charge >= 0.3 is 0 Å². The molecule has 2 rings (SSSR count). The molecule has 0 aromatic heterocycles. The first-order valence-electron chi connectivity index (χ1n) is 7.03. The minimum absolute atomic E-state index is 0.171. The van der Waals surface area contributed by atoms with E-state index in [4.69, 9.17) is 17.3 Å². The van der Waals surface area contributed by atoms with Gasteiger partial charge in [-0.2, -0.15) is 0 Å². The molecule has 0 heterocycles. The van der Waals surface area contributed by atoms with Gasteiger partial charge in [0.15, 0.2) is 0 Å². The fraction of sp³-hybridized carbons (Fsp3) is 0.625. The van der Waals surface area contributed by atoms with Gasteiger partial charge in [-0.3, -0.25) is 0 Å². The third-order valence-corrected chi connectivity index (χ3v) is 4.10. The minimum Gasteiger partial charge on any atom is -0.325 e. The zero-order chi connectivity index (χ0) is 13.2. The van der Waals surface area contributed by atoms with Crippen molar-refractivity contribution in [2.75, 3.05) is 0 Å². The van der Waals surface area contributed by atoms with Gasteiger partial charge in [0.25, 0.3) is 0 Å². The van der Waals surface area contributed by atoms with E-state index in [1.165, 1.54) is 43.2 Å². The van der Waals surface area contributed by atoms with E-state index in [0.29, 0.717) is 5.92 Å². The van der Waals surface area contributed by atoms with Crippen molar-refractivity contribution < 1.29 is 0 Å². The van der Waals surface area contributed by atoms with Crippen LogP contribution in [-0.4, -0.2) is 5.54 Å². The van der Waals surface area contributed by atoms with E-state index >= 15 is 0 Å². The molecule has 0 radical (unpaired) electrons. The Morgan fingerprint density at radius 1 is 1.22 bits per heavy atom. The zero-order valence-electron chi connectivity index (χ0n) is 11.5. The van der Waals surface area contributed by atoms with Crippen molar-refractivity contribution in [3.05, 3.63) is 34.3 Å². The molecule has 100 valence electrons. The maximum absolute atomic E-state index is 6.45. The molecular weight excluding hydrogens is 242 g/mol. The van der Waals surface area contributed by atoms with Crippen LogP contribution in [0.3, 0.4) is 0 Å². The minimum atomic E-state index is -0.171. The molecule has 2 heteroatoms. The summed E-state index contributed by atoms with van der Waals surface area (Å²) in [4.78, 5) is 0. The second kappa shape index (κ2) is 5.63. The molecule has 1 saturated carbocycles. The van der Waals surface area contributed by atoms with Gasteiger partial charge in [-0.1, -0.05) is 43.0 Å². The fourth-order valence-corrected chi connectivity index (χ4v) is 3.31. The Kier molecular flexibility index (Phi) is 4.34. The van der Waals surface area contributed by atoms with Crippen molar-refractivity contribution in [2.24, 2.45) is 5.73 Å². The number of benzene rings is 1. The van der Waals surface area contributed by atoms with Crippen molar-refractivity contribution in [2.45, 2.75) is 63.8 Å². The number of halogens is 1. The Morgan fingerprint density at radius 2 is 1.89 bits per heavy atom. The third-order valence-electron chi connectivity index (χ3n) is 3.77. The molecule has 0 atom stereocenters. The molecule has 0 unspecified atom stereocenters. The van der Waals surface area contributed by atoms with Gasteiger partial charge < -0.3 is 5.73 Å². The quantitative estimate of drug-likeness (QED) is 0.845. The molecule has 0 amide bonds. The van der Waals surface area contributed by atoms with Gasteiger partial charge in [-0.25, -0.2) is 0 Å². The average molecular weight is 266 g/mol. The molecule has 0 saturated heterocycles. The summed E-state index contributed by atoms with van der Waals surface area (Å²) in [6.07, 6.45) is 7.53. The van der Waals surface area contributed by atoms with Crippen LogP contribution >= 0.6 is 11.6 Å². The van der Waals surface area contributed by atoms with Crippen LogP contribution in [0.5, 0.6) is 0 Å². The van der Waals surface area contributed by atoms with Crippen LogP contribution < -0.4 is 5.73 Å². The molecular formula is C16H24ClN. The van der Waals surface area contributed by atoms with E-state index in [1.807, 2.05) is 0 Å². The summed E-state index contributed by atoms with van der Waals surface area (Å²) < 4.78 is 0. The first-order chi connectivity index (χ1) is 8.46. The molecule has 0 bridgehead atoms. The maximum atomic E-state index is 6.45. The largest absolute Gasteiger partial charge is 0.325 e. The summed E-state index contributed by atoms with van der Waals surface area (Å²) in [7, 11) is 0. The van der Waals surface area contributed by atoms with Gasteiger partial charge in [0.05, 0.1) is 0 Å². The Bertz CT molecular complexity index is 400. The van der Waals surface area contributed by atoms with Gasteiger partial charge in [0.2, 0.25) is 0 Å². The standard InChI is InChI=1S/C16H24ClN/c1-16(2,18)11-12-8-9-14(15(17)10-12)13-6-4-3-5-7-13/h8-10,13H,3-7,11,18H2,1-2H3. The van der Waals surface area contributed by atoms with Gasteiger partial charge in [0, 0.05) is 10.6 Å². The predicted octanol–water partition coefficient (Wildman–Crippen LogP) is 4.67. The number of hydrogen-bond donors (Lipinski definition) is 1. The van der Waals surface area contributed by atoms with Gasteiger partial charge in [0.1, 0.15) is 0 Å². The predicted molar refractivity (Wildman–Crippen MR) is 79.2 cm³/mol. The average Bonchev–Trinajstić information content (AvgIpc) is 2.28. The zero-order valence-corrected chi connectivity index (χ0v) is 12.3. The first kappa shape index (κ1) is 13.9. The highest BCUT2D eigenvalue weighted by atomic mass is 35.5. The molecule has 1 aromatic rings. The topological polar surface area (TPSA) is 26.0 Å². The van der Waals surface area contributed by atoms with E-state index in [1.54, 1.807) is 0 Å². The van der Waals surface area contributed by atoms with Crippen molar-refractivity contribution in [3.63, 3.8) is 0 Å². The summed E-state index contributed by atoms with van der Waals surface area (Å²) in [6, 6.07) is 6.53. The molecule has 1 aromatic carbocycles. The Morgan fingerprint density at radius 3 is 2.44 bits per heavy atom. The van der Waals surface area contributed by atoms with E-state index in [0.717, 1.165) is 11.4 Å². The second-order valence-corrected chi connectivity index (χ2v) is 6.76. The molecule has 0 spiro atoms. The van der Waals surface area contributed by atoms with Crippen LogP contribution in [0.4, 0.5) is 0 Å². The second-order valence-electron chi connectivity index (χ2n) is 6.36.